The van der Waals surface area contributed by atoms with Crippen LogP contribution in [-0.4, -0.2) is 21.6 Å². The van der Waals surface area contributed by atoms with Crippen LogP contribution in [0.1, 0.15) is 5.56 Å². The predicted molar refractivity (Wildman–Crippen MR) is 97.7 cm³/mol. The Kier molecular flexibility index (Phi) is 3.61. The molecule has 0 unspecified atom stereocenters. The predicted octanol–water partition coefficient (Wildman–Crippen LogP) is 3.70. The number of nitrogens with one attached hydrogen (secondary N) is 1. The summed E-state index contributed by atoms with van der Waals surface area (Å²) in [5, 5.41) is 0.931. The molecule has 0 bridgehead atoms. The van der Waals surface area contributed by atoms with Crippen molar-refractivity contribution in [1.82, 2.24) is 14.5 Å². The van der Waals surface area contributed by atoms with Crippen LogP contribution in [0.25, 0.3) is 21.9 Å². The average Bonchev–Trinajstić information content (AvgIpc) is 2.96. The van der Waals surface area contributed by atoms with Crippen LogP contribution in [0.4, 0.5) is 0 Å². The van der Waals surface area contributed by atoms with Crippen LogP contribution in [0, 0.1) is 0 Å². The van der Waals surface area contributed by atoms with Crippen LogP contribution < -0.4 is 10.3 Å². The third-order valence-electron chi connectivity index (χ3n) is 4.07. The molecule has 0 aliphatic rings. The zero-order valence-corrected chi connectivity index (χ0v) is 14.5. The second-order valence-corrected chi connectivity index (χ2v) is 6.44. The van der Waals surface area contributed by atoms with Crippen molar-refractivity contribution >= 4 is 37.9 Å². The summed E-state index contributed by atoms with van der Waals surface area (Å²) >= 11 is 3.46. The lowest BCUT2D eigenvalue weighted by Gasteiger charge is -2.09. The van der Waals surface area contributed by atoms with E-state index in [0.717, 1.165) is 26.7 Å². The number of rotatable bonds is 3. The lowest BCUT2D eigenvalue weighted by molar-refractivity contribution is 0.408. The van der Waals surface area contributed by atoms with Crippen molar-refractivity contribution in [3.8, 4) is 5.75 Å². The van der Waals surface area contributed by atoms with E-state index in [2.05, 4.69) is 25.9 Å². The van der Waals surface area contributed by atoms with Crippen LogP contribution in [0.3, 0.4) is 0 Å². The van der Waals surface area contributed by atoms with Crippen LogP contribution in [0.2, 0.25) is 0 Å². The number of ether oxygens (including phenoxy) is 1. The zero-order valence-electron chi connectivity index (χ0n) is 12.9. The summed E-state index contributed by atoms with van der Waals surface area (Å²) in [6.45, 7) is 0.408. The van der Waals surface area contributed by atoms with Gasteiger partial charge in [0.05, 0.1) is 20.0 Å². The standard InChI is InChI=1S/C18H14BrN3O2/c1-24-15-5-3-2-4-11(15)9-22-10-20-16-13-8-12(19)6-7-14(13)21-17(16)18(22)23/h2-8,10,21H,9H2,1H3. The molecule has 0 saturated carbocycles. The molecule has 4 rings (SSSR count). The third-order valence-corrected chi connectivity index (χ3v) is 4.56. The Labute approximate surface area is 146 Å². The number of benzene rings is 2. The number of hydrogen-bond donors (Lipinski definition) is 1. The van der Waals surface area contributed by atoms with E-state index in [0.29, 0.717) is 17.6 Å². The molecule has 4 aromatic rings. The van der Waals surface area contributed by atoms with Crippen molar-refractivity contribution in [3.05, 3.63) is 69.2 Å². The van der Waals surface area contributed by atoms with E-state index in [4.69, 9.17) is 4.74 Å². The highest BCUT2D eigenvalue weighted by Crippen LogP contribution is 2.25. The van der Waals surface area contributed by atoms with Gasteiger partial charge in [0.1, 0.15) is 16.8 Å². The lowest BCUT2D eigenvalue weighted by atomic mass is 10.2. The number of halogens is 1. The number of methoxy groups -OCH3 is 1. The Morgan fingerprint density at radius 1 is 1.25 bits per heavy atom. The van der Waals surface area contributed by atoms with Gasteiger partial charge in [-0.2, -0.15) is 0 Å². The monoisotopic (exact) mass is 383 g/mol. The Morgan fingerprint density at radius 3 is 2.92 bits per heavy atom. The highest BCUT2D eigenvalue weighted by atomic mass is 79.9. The van der Waals surface area contributed by atoms with Crippen molar-refractivity contribution in [2.45, 2.75) is 6.54 Å². The van der Waals surface area contributed by atoms with Gasteiger partial charge in [-0.05, 0) is 24.3 Å². The molecule has 24 heavy (non-hydrogen) atoms. The highest BCUT2D eigenvalue weighted by Gasteiger charge is 2.12. The van der Waals surface area contributed by atoms with Gasteiger partial charge in [0, 0.05) is 20.9 Å². The quantitative estimate of drug-likeness (QED) is 0.586. The van der Waals surface area contributed by atoms with Gasteiger partial charge in [0.25, 0.3) is 5.56 Å². The van der Waals surface area contributed by atoms with Crippen molar-refractivity contribution in [2.24, 2.45) is 0 Å². The molecule has 120 valence electrons. The van der Waals surface area contributed by atoms with Gasteiger partial charge >= 0.3 is 0 Å². The van der Waals surface area contributed by atoms with E-state index >= 15 is 0 Å². The fourth-order valence-electron chi connectivity index (χ4n) is 2.89. The molecule has 0 atom stereocenters. The summed E-state index contributed by atoms with van der Waals surface area (Å²) < 4.78 is 7.90. The molecular formula is C18H14BrN3O2. The number of para-hydroxylation sites is 1. The van der Waals surface area contributed by atoms with Crippen molar-refractivity contribution in [2.75, 3.05) is 7.11 Å². The molecule has 2 aromatic heterocycles. The number of aromatic nitrogens is 3. The maximum Gasteiger partial charge on any atom is 0.277 e. The van der Waals surface area contributed by atoms with E-state index in [-0.39, 0.29) is 5.56 Å². The first-order chi connectivity index (χ1) is 11.7. The first kappa shape index (κ1) is 15.0. The molecule has 5 nitrogen and oxygen atoms in total. The maximum absolute atomic E-state index is 12.8. The van der Waals surface area contributed by atoms with Crippen LogP contribution in [0.15, 0.2) is 58.1 Å². The maximum atomic E-state index is 12.8. The number of fused-ring (bicyclic) bond motifs is 3. The Morgan fingerprint density at radius 2 is 2.08 bits per heavy atom. The molecule has 0 aliphatic heterocycles. The fourth-order valence-corrected chi connectivity index (χ4v) is 3.25. The van der Waals surface area contributed by atoms with E-state index in [9.17, 15) is 4.79 Å². The molecule has 2 aromatic carbocycles. The van der Waals surface area contributed by atoms with E-state index in [1.54, 1.807) is 18.0 Å². The molecule has 0 aliphatic carbocycles. The van der Waals surface area contributed by atoms with Crippen LogP contribution in [0.5, 0.6) is 5.75 Å². The summed E-state index contributed by atoms with van der Waals surface area (Å²) in [6.07, 6.45) is 1.59. The second kappa shape index (κ2) is 5.79. The number of aromatic amines is 1. The van der Waals surface area contributed by atoms with Gasteiger partial charge in [0.2, 0.25) is 0 Å². The minimum absolute atomic E-state index is 0.0989. The molecule has 1 N–H and O–H groups in total. The smallest absolute Gasteiger partial charge is 0.277 e. The Bertz CT molecular complexity index is 1110. The minimum atomic E-state index is -0.0989. The molecular weight excluding hydrogens is 370 g/mol. The summed E-state index contributed by atoms with van der Waals surface area (Å²) in [4.78, 5) is 20.5. The number of nitrogens with zero attached hydrogens (tertiary/aromatic N) is 2. The van der Waals surface area contributed by atoms with Gasteiger partial charge in [-0.15, -0.1) is 0 Å². The third kappa shape index (κ3) is 2.39. The molecule has 0 amide bonds. The van der Waals surface area contributed by atoms with Gasteiger partial charge in [0.15, 0.2) is 0 Å². The van der Waals surface area contributed by atoms with Crippen molar-refractivity contribution in [3.63, 3.8) is 0 Å². The summed E-state index contributed by atoms with van der Waals surface area (Å²) in [7, 11) is 1.62. The largest absolute Gasteiger partial charge is 0.496 e. The summed E-state index contributed by atoms with van der Waals surface area (Å²) in [5.74, 6) is 0.755. The molecule has 0 fully saturated rings. The van der Waals surface area contributed by atoms with Crippen molar-refractivity contribution in [1.29, 1.82) is 0 Å². The number of H-pyrrole nitrogens is 1. The molecule has 0 saturated heterocycles. The number of hydrogen-bond acceptors (Lipinski definition) is 3. The Hall–Kier alpha value is -2.60. The van der Waals surface area contributed by atoms with Gasteiger partial charge in [-0.3, -0.25) is 9.36 Å². The molecule has 6 heteroatoms. The molecule has 2 heterocycles. The SMILES string of the molecule is COc1ccccc1Cn1cnc2c([nH]c3ccc(Br)cc32)c1=O. The van der Waals surface area contributed by atoms with Crippen molar-refractivity contribution < 1.29 is 4.74 Å². The zero-order chi connectivity index (χ0) is 16.7. The average molecular weight is 384 g/mol. The Balaban J connectivity index is 1.87. The first-order valence-corrected chi connectivity index (χ1v) is 8.25. The van der Waals surface area contributed by atoms with E-state index in [1.807, 2.05) is 42.5 Å². The van der Waals surface area contributed by atoms with E-state index < -0.39 is 0 Å². The molecule has 0 spiro atoms. The topological polar surface area (TPSA) is 59.9 Å². The minimum Gasteiger partial charge on any atom is -0.496 e. The van der Waals surface area contributed by atoms with Crippen LogP contribution in [-0.2, 0) is 6.54 Å². The second-order valence-electron chi connectivity index (χ2n) is 5.53. The van der Waals surface area contributed by atoms with Gasteiger partial charge in [-0.1, -0.05) is 34.1 Å². The first-order valence-electron chi connectivity index (χ1n) is 7.45. The fraction of sp³-hybridized carbons (Fsp3) is 0.111. The van der Waals surface area contributed by atoms with Gasteiger partial charge < -0.3 is 9.72 Å². The lowest BCUT2D eigenvalue weighted by Crippen LogP contribution is -2.21. The highest BCUT2D eigenvalue weighted by molar-refractivity contribution is 9.10. The summed E-state index contributed by atoms with van der Waals surface area (Å²) in [6, 6.07) is 13.5. The molecule has 0 radical (unpaired) electrons. The summed E-state index contributed by atoms with van der Waals surface area (Å²) in [5.41, 5.74) is 2.93. The van der Waals surface area contributed by atoms with E-state index in [1.165, 1.54) is 0 Å². The van der Waals surface area contributed by atoms with Gasteiger partial charge in [-0.25, -0.2) is 4.98 Å². The normalized spacial score (nSPS) is 11.2. The van der Waals surface area contributed by atoms with Crippen LogP contribution >= 0.6 is 15.9 Å².